The van der Waals surface area contributed by atoms with Gasteiger partial charge in [-0.25, -0.2) is 4.68 Å². The number of tetrazole rings is 1. The van der Waals surface area contributed by atoms with Crippen molar-refractivity contribution < 1.29 is 4.79 Å². The Morgan fingerprint density at radius 2 is 1.84 bits per heavy atom. The van der Waals surface area contributed by atoms with Crippen LogP contribution in [0.15, 0.2) is 60.9 Å². The maximum absolute atomic E-state index is 12.6. The maximum atomic E-state index is 12.6. The molecule has 128 valence electrons. The topological polar surface area (TPSA) is 75.9 Å². The highest BCUT2D eigenvalue weighted by Gasteiger charge is 2.18. The first kappa shape index (κ1) is 16.6. The summed E-state index contributed by atoms with van der Waals surface area (Å²) < 4.78 is 1.57. The molecule has 0 spiro atoms. The van der Waals surface area contributed by atoms with E-state index in [1.165, 1.54) is 6.33 Å². The average molecular weight is 336 g/mol. The van der Waals surface area contributed by atoms with Crippen LogP contribution in [-0.4, -0.2) is 38.7 Å². The Morgan fingerprint density at radius 1 is 1.12 bits per heavy atom. The number of carbonyl (C=O) groups is 1. The Labute approximate surface area is 146 Å². The second-order valence-electron chi connectivity index (χ2n) is 5.85. The van der Waals surface area contributed by atoms with Crippen LogP contribution >= 0.6 is 0 Å². The van der Waals surface area contributed by atoms with Crippen molar-refractivity contribution in [2.24, 2.45) is 0 Å². The van der Waals surface area contributed by atoms with Gasteiger partial charge in [0.05, 0.1) is 12.2 Å². The molecule has 1 N–H and O–H groups in total. The summed E-state index contributed by atoms with van der Waals surface area (Å²) in [5.41, 5.74) is 2.62. The van der Waals surface area contributed by atoms with Crippen molar-refractivity contribution in [2.45, 2.75) is 19.9 Å². The molecule has 0 saturated heterocycles. The first-order valence-corrected chi connectivity index (χ1v) is 8.09. The van der Waals surface area contributed by atoms with E-state index in [0.29, 0.717) is 0 Å². The average Bonchev–Trinajstić information content (AvgIpc) is 3.16. The summed E-state index contributed by atoms with van der Waals surface area (Å²) >= 11 is 0. The van der Waals surface area contributed by atoms with Gasteiger partial charge in [-0.3, -0.25) is 4.79 Å². The predicted octanol–water partition coefficient (Wildman–Crippen LogP) is 2.52. The molecule has 0 radical (unpaired) electrons. The standard InChI is InChI=1S/C18H20N6O/c1-14(2)24(17-6-4-3-5-7-17)18(25)12-19-15-8-10-16(11-9-15)23-13-20-21-22-23/h3-11,13-14,19H,12H2,1-2H3. The zero-order valence-electron chi connectivity index (χ0n) is 14.2. The van der Waals surface area contributed by atoms with E-state index >= 15 is 0 Å². The van der Waals surface area contributed by atoms with E-state index in [1.54, 1.807) is 9.58 Å². The van der Waals surface area contributed by atoms with Crippen molar-refractivity contribution in [2.75, 3.05) is 16.8 Å². The molecule has 1 heterocycles. The van der Waals surface area contributed by atoms with Gasteiger partial charge in [0.25, 0.3) is 0 Å². The minimum atomic E-state index is 0.0192. The summed E-state index contributed by atoms with van der Waals surface area (Å²) in [5, 5.41) is 14.2. The molecule has 0 fully saturated rings. The normalized spacial score (nSPS) is 10.7. The number of benzene rings is 2. The molecule has 0 aliphatic rings. The second kappa shape index (κ2) is 7.57. The van der Waals surface area contributed by atoms with Gasteiger partial charge in [-0.2, -0.15) is 0 Å². The van der Waals surface area contributed by atoms with Gasteiger partial charge in [-0.15, -0.1) is 5.10 Å². The van der Waals surface area contributed by atoms with Crippen molar-refractivity contribution in [1.29, 1.82) is 0 Å². The van der Waals surface area contributed by atoms with Crippen LogP contribution in [0.3, 0.4) is 0 Å². The minimum Gasteiger partial charge on any atom is -0.376 e. The Kier molecular flexibility index (Phi) is 5.03. The summed E-state index contributed by atoms with van der Waals surface area (Å²) in [6, 6.07) is 17.3. The lowest BCUT2D eigenvalue weighted by Gasteiger charge is -2.27. The third-order valence-corrected chi connectivity index (χ3v) is 3.74. The Balaban J connectivity index is 1.65. The molecule has 0 aliphatic carbocycles. The molecule has 3 rings (SSSR count). The quantitative estimate of drug-likeness (QED) is 0.748. The zero-order chi connectivity index (χ0) is 17.6. The summed E-state index contributed by atoms with van der Waals surface area (Å²) in [7, 11) is 0. The third-order valence-electron chi connectivity index (χ3n) is 3.74. The van der Waals surface area contributed by atoms with Gasteiger partial charge >= 0.3 is 0 Å². The van der Waals surface area contributed by atoms with E-state index in [1.807, 2.05) is 68.4 Å². The fourth-order valence-corrected chi connectivity index (χ4v) is 2.59. The highest BCUT2D eigenvalue weighted by molar-refractivity contribution is 5.96. The van der Waals surface area contributed by atoms with Gasteiger partial charge < -0.3 is 10.2 Å². The maximum Gasteiger partial charge on any atom is 0.246 e. The molecule has 0 bridgehead atoms. The highest BCUT2D eigenvalue weighted by Crippen LogP contribution is 2.17. The predicted molar refractivity (Wildman–Crippen MR) is 96.7 cm³/mol. The number of carbonyl (C=O) groups excluding carboxylic acids is 1. The summed E-state index contributed by atoms with van der Waals surface area (Å²) in [4.78, 5) is 14.4. The first-order chi connectivity index (χ1) is 12.1. The van der Waals surface area contributed by atoms with Gasteiger partial charge in [0.15, 0.2) is 0 Å². The number of amides is 1. The smallest absolute Gasteiger partial charge is 0.246 e. The Bertz CT molecular complexity index is 799. The van der Waals surface area contributed by atoms with E-state index in [2.05, 4.69) is 20.8 Å². The fraction of sp³-hybridized carbons (Fsp3) is 0.222. The van der Waals surface area contributed by atoms with E-state index in [9.17, 15) is 4.79 Å². The third kappa shape index (κ3) is 4.00. The molecule has 0 saturated carbocycles. The summed E-state index contributed by atoms with van der Waals surface area (Å²) in [6.07, 6.45) is 1.53. The first-order valence-electron chi connectivity index (χ1n) is 8.09. The van der Waals surface area contributed by atoms with Crippen molar-refractivity contribution in [1.82, 2.24) is 20.2 Å². The van der Waals surface area contributed by atoms with Crippen molar-refractivity contribution in [3.63, 3.8) is 0 Å². The number of hydrogen-bond donors (Lipinski definition) is 1. The van der Waals surface area contributed by atoms with Gasteiger partial charge in [0, 0.05) is 17.4 Å². The molecular weight excluding hydrogens is 316 g/mol. The molecule has 0 aliphatic heterocycles. The molecule has 25 heavy (non-hydrogen) atoms. The lowest BCUT2D eigenvalue weighted by molar-refractivity contribution is -0.117. The number of hydrogen-bond acceptors (Lipinski definition) is 5. The van der Waals surface area contributed by atoms with Gasteiger partial charge in [-0.05, 0) is 60.7 Å². The fourth-order valence-electron chi connectivity index (χ4n) is 2.59. The van der Waals surface area contributed by atoms with Crippen molar-refractivity contribution in [3.05, 3.63) is 60.9 Å². The zero-order valence-corrected chi connectivity index (χ0v) is 14.2. The molecule has 7 nitrogen and oxygen atoms in total. The van der Waals surface area contributed by atoms with Crippen molar-refractivity contribution >= 4 is 17.3 Å². The highest BCUT2D eigenvalue weighted by atomic mass is 16.2. The second-order valence-corrected chi connectivity index (χ2v) is 5.85. The molecular formula is C18H20N6O. The van der Waals surface area contributed by atoms with Gasteiger partial charge in [0.2, 0.25) is 5.91 Å². The van der Waals surface area contributed by atoms with Crippen LogP contribution in [0.5, 0.6) is 0 Å². The van der Waals surface area contributed by atoms with E-state index < -0.39 is 0 Å². The Morgan fingerprint density at radius 3 is 2.44 bits per heavy atom. The van der Waals surface area contributed by atoms with E-state index in [-0.39, 0.29) is 18.5 Å². The van der Waals surface area contributed by atoms with Crippen LogP contribution in [0.25, 0.3) is 5.69 Å². The number of anilines is 2. The van der Waals surface area contributed by atoms with Crippen LogP contribution in [0.2, 0.25) is 0 Å². The lowest BCUT2D eigenvalue weighted by Crippen LogP contribution is -2.40. The molecule has 2 aromatic carbocycles. The molecule has 3 aromatic rings. The van der Waals surface area contributed by atoms with E-state index in [4.69, 9.17) is 0 Å². The van der Waals surface area contributed by atoms with Crippen LogP contribution in [0.1, 0.15) is 13.8 Å². The number of rotatable bonds is 6. The van der Waals surface area contributed by atoms with Crippen LogP contribution in [-0.2, 0) is 4.79 Å². The van der Waals surface area contributed by atoms with Gasteiger partial charge in [0.1, 0.15) is 6.33 Å². The van der Waals surface area contributed by atoms with Crippen LogP contribution in [0, 0.1) is 0 Å². The summed E-state index contributed by atoms with van der Waals surface area (Å²) in [6.45, 7) is 4.23. The molecule has 0 unspecified atom stereocenters. The van der Waals surface area contributed by atoms with Crippen LogP contribution < -0.4 is 10.2 Å². The summed E-state index contributed by atoms with van der Waals surface area (Å²) in [5.74, 6) is 0.0192. The lowest BCUT2D eigenvalue weighted by atomic mass is 10.2. The number of para-hydroxylation sites is 1. The van der Waals surface area contributed by atoms with Crippen molar-refractivity contribution in [3.8, 4) is 5.69 Å². The van der Waals surface area contributed by atoms with E-state index in [0.717, 1.165) is 17.1 Å². The number of nitrogens with zero attached hydrogens (tertiary/aromatic N) is 5. The molecule has 0 atom stereocenters. The molecule has 1 amide bonds. The minimum absolute atomic E-state index is 0.0192. The number of aromatic nitrogens is 4. The largest absolute Gasteiger partial charge is 0.376 e. The van der Waals surface area contributed by atoms with Crippen LogP contribution in [0.4, 0.5) is 11.4 Å². The Hall–Kier alpha value is -3.22. The molecule has 1 aromatic heterocycles. The SMILES string of the molecule is CC(C)N(C(=O)CNc1ccc(-n2cnnn2)cc1)c1ccccc1. The van der Waals surface area contributed by atoms with Gasteiger partial charge in [-0.1, -0.05) is 18.2 Å². The number of nitrogens with one attached hydrogen (secondary N) is 1. The monoisotopic (exact) mass is 336 g/mol. The molecule has 7 heteroatoms.